The molecule has 0 saturated heterocycles. The van der Waals surface area contributed by atoms with Crippen molar-refractivity contribution in [1.29, 1.82) is 5.26 Å². The highest BCUT2D eigenvalue weighted by atomic mass is 32.2. The van der Waals surface area contributed by atoms with Crippen molar-refractivity contribution in [2.75, 3.05) is 5.75 Å². The molecule has 0 heterocycles. The number of carbonyl (C=O) groups is 1. The maximum Gasteiger partial charge on any atom is 0.416 e. The Morgan fingerprint density at radius 1 is 1.47 bits per heavy atom. The second-order valence-electron chi connectivity index (χ2n) is 3.62. The van der Waals surface area contributed by atoms with Gasteiger partial charge in [-0.15, -0.1) is 0 Å². The fourth-order valence-electron chi connectivity index (χ4n) is 1.32. The minimum atomic E-state index is -4.46. The van der Waals surface area contributed by atoms with E-state index < -0.39 is 11.7 Å². The molecule has 1 aromatic carbocycles. The monoisotopic (exact) mass is 285 g/mol. The molecule has 19 heavy (non-hydrogen) atoms. The molecule has 0 aliphatic carbocycles. The van der Waals surface area contributed by atoms with E-state index in [1.54, 1.807) is 12.1 Å². The van der Waals surface area contributed by atoms with Gasteiger partial charge in [-0.05, 0) is 17.7 Å². The molecule has 0 bridgehead atoms. The number of benzene rings is 1. The summed E-state index contributed by atoms with van der Waals surface area (Å²) in [5, 5.41) is 8.80. The van der Waals surface area contributed by atoms with Crippen molar-refractivity contribution in [2.24, 2.45) is 0 Å². The van der Waals surface area contributed by atoms with Crippen molar-refractivity contribution in [3.63, 3.8) is 0 Å². The predicted octanol–water partition coefficient (Wildman–Crippen LogP) is 3.87. The first kappa shape index (κ1) is 15.3. The summed E-state index contributed by atoms with van der Waals surface area (Å²) in [5.74, 6) is 0.418. The molecule has 0 radical (unpaired) electrons. The molecule has 0 fully saturated rings. The van der Waals surface area contributed by atoms with Crippen LogP contribution in [0.3, 0.4) is 0 Å². The second kappa shape index (κ2) is 6.43. The lowest BCUT2D eigenvalue weighted by molar-refractivity contribution is -0.137. The number of thioether (sulfide) groups is 1. The highest BCUT2D eigenvalue weighted by Crippen LogP contribution is 2.30. The van der Waals surface area contributed by atoms with Crippen LogP contribution in [0.15, 0.2) is 24.3 Å². The topological polar surface area (TPSA) is 40.9 Å². The zero-order chi connectivity index (χ0) is 14.5. The average molecular weight is 285 g/mol. The van der Waals surface area contributed by atoms with Crippen LogP contribution in [-0.2, 0) is 11.0 Å². The quantitative estimate of drug-likeness (QED) is 0.846. The number of hydrogen-bond acceptors (Lipinski definition) is 3. The van der Waals surface area contributed by atoms with Crippen molar-refractivity contribution in [3.05, 3.63) is 41.0 Å². The Morgan fingerprint density at radius 2 is 2.16 bits per heavy atom. The Bertz CT molecular complexity index is 544. The van der Waals surface area contributed by atoms with Gasteiger partial charge in [-0.2, -0.15) is 18.4 Å². The number of carbonyl (C=O) groups excluding carboxylic acids is 1. The maximum absolute atomic E-state index is 12.5. The van der Waals surface area contributed by atoms with E-state index >= 15 is 0 Å². The van der Waals surface area contributed by atoms with E-state index in [1.807, 2.05) is 0 Å². The van der Waals surface area contributed by atoms with Gasteiger partial charge in [0, 0.05) is 12.7 Å². The Kier molecular flexibility index (Phi) is 5.19. The van der Waals surface area contributed by atoms with Crippen LogP contribution in [0.1, 0.15) is 23.6 Å². The number of rotatable bonds is 3. The Labute approximate surface area is 112 Å². The molecule has 0 aliphatic rings. The van der Waals surface area contributed by atoms with E-state index in [1.165, 1.54) is 19.1 Å². The van der Waals surface area contributed by atoms with Crippen molar-refractivity contribution < 1.29 is 18.0 Å². The molecule has 6 heteroatoms. The van der Waals surface area contributed by atoms with Gasteiger partial charge in [0.25, 0.3) is 0 Å². The number of hydrogen-bond donors (Lipinski definition) is 0. The lowest BCUT2D eigenvalue weighted by Gasteiger charge is -2.07. The third-order valence-electron chi connectivity index (χ3n) is 2.18. The molecule has 0 atom stereocenters. The van der Waals surface area contributed by atoms with Crippen LogP contribution in [0, 0.1) is 11.3 Å². The van der Waals surface area contributed by atoms with E-state index in [2.05, 4.69) is 0 Å². The summed E-state index contributed by atoms with van der Waals surface area (Å²) in [6, 6.07) is 4.73. The lowest BCUT2D eigenvalue weighted by Crippen LogP contribution is -2.05. The lowest BCUT2D eigenvalue weighted by atomic mass is 10.0. The van der Waals surface area contributed by atoms with Crippen molar-refractivity contribution in [1.82, 2.24) is 0 Å². The number of alkyl halides is 3. The third kappa shape index (κ3) is 4.79. The Hall–Kier alpha value is -1.74. The zero-order valence-electron chi connectivity index (χ0n) is 9.99. The first-order valence-electron chi connectivity index (χ1n) is 5.26. The molecule has 1 rings (SSSR count). The molecule has 0 N–H and O–H groups in total. The fourth-order valence-corrected chi connectivity index (χ4v) is 1.74. The molecular weight excluding hydrogens is 275 g/mol. The molecule has 2 nitrogen and oxygen atoms in total. The van der Waals surface area contributed by atoms with E-state index in [-0.39, 0.29) is 10.7 Å². The molecule has 1 aromatic rings. The summed E-state index contributed by atoms with van der Waals surface area (Å²) in [5.41, 5.74) is -0.488. The SMILES string of the molecule is CC(=O)SCC=Cc1ccc(C(F)(F)F)cc1C#N. The Balaban J connectivity index is 2.92. The van der Waals surface area contributed by atoms with Crippen LogP contribution in [0.2, 0.25) is 0 Å². The van der Waals surface area contributed by atoms with Gasteiger partial charge in [-0.25, -0.2) is 0 Å². The first-order chi connectivity index (χ1) is 8.84. The number of halogens is 3. The van der Waals surface area contributed by atoms with Crippen LogP contribution in [0.5, 0.6) is 0 Å². The van der Waals surface area contributed by atoms with Gasteiger partial charge >= 0.3 is 6.18 Å². The normalized spacial score (nSPS) is 11.5. The molecule has 0 saturated carbocycles. The summed E-state index contributed by atoms with van der Waals surface area (Å²) in [4.78, 5) is 10.7. The van der Waals surface area contributed by atoms with Crippen molar-refractivity contribution in [2.45, 2.75) is 13.1 Å². The van der Waals surface area contributed by atoms with Gasteiger partial charge in [-0.1, -0.05) is 30.0 Å². The predicted molar refractivity (Wildman–Crippen MR) is 68.3 cm³/mol. The summed E-state index contributed by atoms with van der Waals surface area (Å²) < 4.78 is 37.4. The van der Waals surface area contributed by atoms with Crippen molar-refractivity contribution >= 4 is 23.0 Å². The van der Waals surface area contributed by atoms with Gasteiger partial charge in [0.1, 0.15) is 0 Å². The molecule has 0 aromatic heterocycles. The van der Waals surface area contributed by atoms with Gasteiger partial charge < -0.3 is 0 Å². The van der Waals surface area contributed by atoms with E-state index in [0.717, 1.165) is 23.9 Å². The van der Waals surface area contributed by atoms with Gasteiger partial charge in [0.05, 0.1) is 17.2 Å². The first-order valence-corrected chi connectivity index (χ1v) is 6.24. The number of nitrogens with zero attached hydrogens (tertiary/aromatic N) is 1. The van der Waals surface area contributed by atoms with Crippen LogP contribution < -0.4 is 0 Å². The van der Waals surface area contributed by atoms with Gasteiger partial charge in [0.2, 0.25) is 0 Å². The molecular formula is C13H10F3NOS. The highest BCUT2D eigenvalue weighted by Gasteiger charge is 2.30. The summed E-state index contributed by atoms with van der Waals surface area (Å²) in [6.07, 6.45) is -1.29. The van der Waals surface area contributed by atoms with Crippen LogP contribution in [0.25, 0.3) is 6.08 Å². The smallest absolute Gasteiger partial charge is 0.288 e. The molecule has 0 aliphatic heterocycles. The van der Waals surface area contributed by atoms with Gasteiger partial charge in [0.15, 0.2) is 5.12 Å². The summed E-state index contributed by atoms with van der Waals surface area (Å²) >= 11 is 1.08. The molecule has 0 spiro atoms. The molecule has 100 valence electrons. The highest BCUT2D eigenvalue weighted by molar-refractivity contribution is 8.13. The van der Waals surface area contributed by atoms with Crippen LogP contribution in [0.4, 0.5) is 13.2 Å². The molecule has 0 amide bonds. The maximum atomic E-state index is 12.5. The molecule has 0 unspecified atom stereocenters. The van der Waals surface area contributed by atoms with Crippen LogP contribution in [-0.4, -0.2) is 10.9 Å². The third-order valence-corrected chi connectivity index (χ3v) is 2.95. The van der Waals surface area contributed by atoms with E-state index in [9.17, 15) is 18.0 Å². The second-order valence-corrected chi connectivity index (χ2v) is 4.81. The number of nitriles is 1. The Morgan fingerprint density at radius 3 is 2.68 bits per heavy atom. The summed E-state index contributed by atoms with van der Waals surface area (Å²) in [7, 11) is 0. The van der Waals surface area contributed by atoms with E-state index in [4.69, 9.17) is 5.26 Å². The van der Waals surface area contributed by atoms with E-state index in [0.29, 0.717) is 11.3 Å². The van der Waals surface area contributed by atoms with Crippen LogP contribution >= 0.6 is 11.8 Å². The minimum absolute atomic E-state index is 0.0427. The average Bonchev–Trinajstić information content (AvgIpc) is 2.33. The van der Waals surface area contributed by atoms with Gasteiger partial charge in [-0.3, -0.25) is 4.79 Å². The minimum Gasteiger partial charge on any atom is -0.288 e. The zero-order valence-corrected chi connectivity index (χ0v) is 10.8. The largest absolute Gasteiger partial charge is 0.416 e. The fraction of sp³-hybridized carbons (Fsp3) is 0.231. The standard InChI is InChI=1S/C13H10F3NOS/c1-9(18)19-6-2-3-10-4-5-12(13(14,15)16)7-11(10)8-17/h2-5,7H,6H2,1H3. The van der Waals surface area contributed by atoms with Crippen molar-refractivity contribution in [3.8, 4) is 6.07 Å². The summed E-state index contributed by atoms with van der Waals surface area (Å²) in [6.45, 7) is 1.43.